The van der Waals surface area contributed by atoms with E-state index >= 15 is 0 Å². The molecular formula is C70H63N25O5S2+2. The molecule has 1 aliphatic rings. The number of nitrogens with two attached hydrogens (primary N) is 3. The highest BCUT2D eigenvalue weighted by Crippen LogP contribution is 2.33. The molecule has 0 amide bonds. The van der Waals surface area contributed by atoms with Crippen LogP contribution in [0.3, 0.4) is 0 Å². The molecule has 32 heteroatoms. The first-order chi connectivity index (χ1) is 49.7. The van der Waals surface area contributed by atoms with Crippen LogP contribution in [0.5, 0.6) is 5.88 Å². The van der Waals surface area contributed by atoms with E-state index in [9.17, 15) is 24.3 Å². The molecule has 508 valence electrons. The van der Waals surface area contributed by atoms with Crippen LogP contribution in [-0.2, 0) is 34.2 Å². The van der Waals surface area contributed by atoms with E-state index in [0.717, 1.165) is 33.7 Å². The number of aromatic amines is 1. The molecule has 102 heavy (non-hydrogen) atoms. The third-order valence-electron chi connectivity index (χ3n) is 15.8. The SMILES string of the molecule is C[n+]1c(N=Nc2c(O)n3n(c2=O)CCC3)sc2ccccc21.Cn1cc[n+](C)c1N=Nc1c(N)n(-c2ccccc2)n(-c2ccccc2)c1=O.Nc1c(N=Nc2ncc[nH]2)c(=O)n(-c2ccccc2)n1-c1ccccc1.Nc1c(N=Nc2nccs2)c(=O)n(-c2ccccc2)n1-c1ccccc1. The number of thiazole rings is 2. The van der Waals surface area contributed by atoms with Crippen LogP contribution in [0.15, 0.2) is 303 Å². The number of hydrogen-bond donors (Lipinski definition) is 5. The molecule has 7 aromatic carbocycles. The molecule has 0 saturated carbocycles. The molecule has 16 rings (SSSR count). The Morgan fingerprint density at radius 1 is 0.471 bits per heavy atom. The molecule has 0 bridgehead atoms. The number of aromatic hydroxyl groups is 1. The Kier molecular flexibility index (Phi) is 19.5. The molecule has 9 heterocycles. The summed E-state index contributed by atoms with van der Waals surface area (Å²) in [6, 6.07) is 64.0. The maximum Gasteiger partial charge on any atom is 0.421 e. The Morgan fingerprint density at radius 2 is 0.892 bits per heavy atom. The molecule has 30 nitrogen and oxygen atoms in total. The van der Waals surface area contributed by atoms with Gasteiger partial charge in [0, 0.05) is 42.2 Å². The Labute approximate surface area is 586 Å². The van der Waals surface area contributed by atoms with Gasteiger partial charge in [0.25, 0.3) is 0 Å². The summed E-state index contributed by atoms with van der Waals surface area (Å²) in [5.74, 6) is 1.42. The van der Waals surface area contributed by atoms with E-state index in [0.29, 0.717) is 52.3 Å². The van der Waals surface area contributed by atoms with Crippen LogP contribution in [0.2, 0.25) is 0 Å². The monoisotopic (exact) mass is 1400 g/mol. The summed E-state index contributed by atoms with van der Waals surface area (Å²) in [6.07, 6.45) is 9.36. The highest BCUT2D eigenvalue weighted by Gasteiger charge is 2.27. The molecule has 0 radical (unpaired) electrons. The number of imidazole rings is 2. The van der Waals surface area contributed by atoms with E-state index in [1.54, 1.807) is 42.7 Å². The quantitative estimate of drug-likeness (QED) is 0.0506. The van der Waals surface area contributed by atoms with Gasteiger partial charge in [0.15, 0.2) is 28.8 Å². The highest BCUT2D eigenvalue weighted by molar-refractivity contribution is 7.21. The maximum atomic E-state index is 13.2. The number of nitrogens with one attached hydrogen (secondary N) is 1. The average Bonchev–Trinajstić information content (AvgIpc) is 1.63. The van der Waals surface area contributed by atoms with Gasteiger partial charge in [0.05, 0.1) is 77.5 Å². The molecule has 15 aromatic rings. The standard InChI is InChI=1S/C20H19N7O.C18H15N7O.C18H14N6OS.C14H13N5O2S/c1-24-13-14-25(2)20(24)23-22-17-18(21)26(15-9-5-3-6-10-15)27(19(17)28)16-11-7-4-8-12-16;19-16-15(22-23-18-20-11-12-21-18)17(26)25(14-9-5-2-6-10-14)24(16)13-7-3-1-4-8-13;19-16-15(21-22-18-20-11-12-26-18)17(25)24(14-9-5-2-6-10-14)23(16)13-7-3-1-4-8-13;1-17-9-5-2-3-6-10(9)22-14(17)16-15-11-12(20)18-7-4-8-19(18)13(11)21/h3-14,21H,1-2H3;1-12H,19H2,(H,20,21);1-12H,19H2;2-3,5-6H,4,7-8H2,1H3/p+2. The minimum absolute atomic E-state index is 0.0113. The van der Waals surface area contributed by atoms with E-state index in [4.69, 9.17) is 17.2 Å². The number of fused-ring (bicyclic) bond motifs is 2. The van der Waals surface area contributed by atoms with Crippen molar-refractivity contribution in [3.05, 3.63) is 284 Å². The summed E-state index contributed by atoms with van der Waals surface area (Å²) in [4.78, 5) is 62.3. The number of rotatable bonds is 14. The van der Waals surface area contributed by atoms with Gasteiger partial charge in [-0.3, -0.25) is 19.2 Å². The smallest absolute Gasteiger partial charge is 0.421 e. The second-order valence-electron chi connectivity index (χ2n) is 22.3. The number of para-hydroxylation sites is 7. The first kappa shape index (κ1) is 66.7. The van der Waals surface area contributed by atoms with Crippen molar-refractivity contribution in [1.29, 1.82) is 0 Å². The molecule has 0 saturated heterocycles. The van der Waals surface area contributed by atoms with Crippen molar-refractivity contribution in [2.45, 2.75) is 19.5 Å². The number of H-pyrrole nitrogens is 1. The lowest BCUT2D eigenvalue weighted by molar-refractivity contribution is -0.657. The third kappa shape index (κ3) is 13.6. The van der Waals surface area contributed by atoms with Gasteiger partial charge < -0.3 is 27.3 Å². The molecule has 0 atom stereocenters. The minimum atomic E-state index is -0.368. The topological polar surface area (TPSA) is 359 Å². The fourth-order valence-corrected chi connectivity index (χ4v) is 12.4. The van der Waals surface area contributed by atoms with Crippen LogP contribution in [-0.4, -0.2) is 62.1 Å². The Morgan fingerprint density at radius 3 is 1.30 bits per heavy atom. The predicted molar refractivity (Wildman–Crippen MR) is 389 cm³/mol. The molecule has 0 fully saturated rings. The second kappa shape index (κ2) is 29.9. The zero-order valence-electron chi connectivity index (χ0n) is 54.7. The van der Waals surface area contributed by atoms with E-state index in [2.05, 4.69) is 55.9 Å². The average molecular weight is 1400 g/mol. The number of hydrogen-bond acceptors (Lipinski definition) is 20. The van der Waals surface area contributed by atoms with Crippen molar-refractivity contribution < 1.29 is 14.2 Å². The Hall–Kier alpha value is -13.9. The summed E-state index contributed by atoms with van der Waals surface area (Å²) in [5.41, 5.74) is 23.2. The maximum absolute atomic E-state index is 13.2. The number of nitrogen functional groups attached to an aromatic ring is 3. The van der Waals surface area contributed by atoms with Crippen molar-refractivity contribution >= 4 is 95.3 Å². The van der Waals surface area contributed by atoms with Gasteiger partial charge in [0.2, 0.25) is 28.3 Å². The van der Waals surface area contributed by atoms with Crippen molar-refractivity contribution in [3.63, 3.8) is 0 Å². The molecule has 0 unspecified atom stereocenters. The normalized spacial score (nSPS) is 11.9. The van der Waals surface area contributed by atoms with Crippen molar-refractivity contribution in [2.75, 3.05) is 17.2 Å². The summed E-state index contributed by atoms with van der Waals surface area (Å²) in [7, 11) is 5.61. The van der Waals surface area contributed by atoms with Crippen LogP contribution in [0, 0.1) is 0 Å². The van der Waals surface area contributed by atoms with Crippen LogP contribution < -0.4 is 48.6 Å². The Balaban J connectivity index is 0.000000122. The lowest BCUT2D eigenvalue weighted by atomic mass is 10.3. The van der Waals surface area contributed by atoms with Crippen LogP contribution in [0.25, 0.3) is 44.3 Å². The summed E-state index contributed by atoms with van der Waals surface area (Å²) < 4.78 is 19.1. The fourth-order valence-electron chi connectivity index (χ4n) is 11.0. The zero-order chi connectivity index (χ0) is 70.8. The van der Waals surface area contributed by atoms with Gasteiger partial charge in [-0.15, -0.1) is 31.8 Å². The first-order valence-corrected chi connectivity index (χ1v) is 33.1. The zero-order valence-corrected chi connectivity index (χ0v) is 56.4. The molecular weight excluding hydrogens is 1340 g/mol. The lowest BCUT2D eigenvalue weighted by Gasteiger charge is -2.12. The number of aryl methyl sites for hydroxylation is 3. The number of anilines is 3. The molecule has 8 aromatic heterocycles. The molecule has 0 aliphatic carbocycles. The third-order valence-corrected chi connectivity index (χ3v) is 17.6. The molecule has 0 spiro atoms. The number of aromatic nitrogens is 14. The number of azo groups is 4. The van der Waals surface area contributed by atoms with Crippen molar-refractivity contribution in [1.82, 2.24) is 57.0 Å². The van der Waals surface area contributed by atoms with Gasteiger partial charge in [-0.25, -0.2) is 61.1 Å². The van der Waals surface area contributed by atoms with E-state index in [-0.39, 0.29) is 68.3 Å². The number of nitrogens with zero attached hydrogens (tertiary/aromatic N) is 21. The van der Waals surface area contributed by atoms with Gasteiger partial charge >= 0.3 is 33.3 Å². The molecule has 1 aliphatic heterocycles. The minimum Gasteiger partial charge on any atom is -0.492 e. The molecule has 8 N–H and O–H groups in total. The summed E-state index contributed by atoms with van der Waals surface area (Å²) >= 11 is 2.82. The van der Waals surface area contributed by atoms with Crippen molar-refractivity contribution in [2.24, 2.45) is 62.1 Å². The predicted octanol–water partition coefficient (Wildman–Crippen LogP) is 12.4. The summed E-state index contributed by atoms with van der Waals surface area (Å²) in [5, 5.41) is 45.7. The second-order valence-corrected chi connectivity index (χ2v) is 24.2. The van der Waals surface area contributed by atoms with Crippen LogP contribution in [0.1, 0.15) is 6.42 Å². The summed E-state index contributed by atoms with van der Waals surface area (Å²) in [6.45, 7) is 1.24. The largest absolute Gasteiger partial charge is 0.492 e. The van der Waals surface area contributed by atoms with Gasteiger partial charge in [-0.05, 0) is 108 Å². The van der Waals surface area contributed by atoms with Gasteiger partial charge in [-0.1, -0.05) is 126 Å². The highest BCUT2D eigenvalue weighted by atomic mass is 32.1. The van der Waals surface area contributed by atoms with Crippen LogP contribution >= 0.6 is 22.7 Å². The van der Waals surface area contributed by atoms with Gasteiger partial charge in [0.1, 0.15) is 5.52 Å². The Bertz CT molecular complexity index is 5590. The van der Waals surface area contributed by atoms with E-state index < -0.39 is 0 Å². The van der Waals surface area contributed by atoms with Crippen molar-refractivity contribution in [3.8, 4) is 40.0 Å². The lowest BCUT2D eigenvalue weighted by Crippen LogP contribution is -2.25. The fraction of sp³-hybridized carbons (Fsp3) is 0.0857. The number of benzene rings is 7. The van der Waals surface area contributed by atoms with Crippen LogP contribution in [0.4, 0.5) is 62.4 Å². The first-order valence-electron chi connectivity index (χ1n) is 31.5. The van der Waals surface area contributed by atoms with Gasteiger partial charge in [-0.2, -0.15) is 0 Å². The van der Waals surface area contributed by atoms with E-state index in [1.807, 2.05) is 253 Å². The van der Waals surface area contributed by atoms with E-state index in [1.165, 1.54) is 41.4 Å².